The monoisotopic (exact) mass is 192 g/mol. The predicted octanol–water partition coefficient (Wildman–Crippen LogP) is 1.28. The molecule has 2 heterocycles. The second kappa shape index (κ2) is 2.99. The average Bonchev–Trinajstić information content (AvgIpc) is 2.55. The van der Waals surface area contributed by atoms with Gasteiger partial charge in [0.1, 0.15) is 0 Å². The Labute approximate surface area is 79.3 Å². The van der Waals surface area contributed by atoms with Crippen molar-refractivity contribution in [2.75, 3.05) is 12.4 Å². The van der Waals surface area contributed by atoms with Crippen LogP contribution in [0.3, 0.4) is 0 Å². The van der Waals surface area contributed by atoms with Crippen LogP contribution in [0.4, 0.5) is 11.6 Å². The van der Waals surface area contributed by atoms with E-state index in [1.54, 1.807) is 31.4 Å². The van der Waals surface area contributed by atoms with Crippen LogP contribution in [0, 0.1) is 10.1 Å². The third-order valence-electron chi connectivity index (χ3n) is 1.91. The predicted molar refractivity (Wildman–Crippen MR) is 51.4 cm³/mol. The number of fused-ring (bicyclic) bond motifs is 1. The number of nitrogens with zero attached hydrogens (tertiary/aromatic N) is 3. The van der Waals surface area contributed by atoms with Crippen LogP contribution in [0.15, 0.2) is 24.4 Å². The molecular formula is C8H8N4O2. The van der Waals surface area contributed by atoms with E-state index in [0.717, 1.165) is 0 Å². The number of nitro groups is 1. The van der Waals surface area contributed by atoms with Gasteiger partial charge in [0.25, 0.3) is 0 Å². The van der Waals surface area contributed by atoms with E-state index in [1.807, 2.05) is 0 Å². The largest absolute Gasteiger partial charge is 0.372 e. The Morgan fingerprint density at radius 2 is 2.36 bits per heavy atom. The van der Waals surface area contributed by atoms with Crippen LogP contribution in [0.5, 0.6) is 0 Å². The fourth-order valence-corrected chi connectivity index (χ4v) is 1.33. The number of hydrogen-bond donors (Lipinski definition) is 1. The number of nitrogens with one attached hydrogen (secondary N) is 1. The molecule has 14 heavy (non-hydrogen) atoms. The summed E-state index contributed by atoms with van der Waals surface area (Å²) >= 11 is 0. The molecule has 0 saturated carbocycles. The molecule has 0 aromatic carbocycles. The second-order valence-corrected chi connectivity index (χ2v) is 2.72. The molecule has 72 valence electrons. The number of pyridine rings is 1. The summed E-state index contributed by atoms with van der Waals surface area (Å²) in [6, 6.07) is 5.22. The Morgan fingerprint density at radius 3 is 3.00 bits per heavy atom. The molecule has 0 aliphatic rings. The van der Waals surface area contributed by atoms with E-state index < -0.39 is 4.92 Å². The Bertz CT molecular complexity index is 491. The molecule has 2 aromatic heterocycles. The van der Waals surface area contributed by atoms with Gasteiger partial charge in [-0.15, -0.1) is 0 Å². The summed E-state index contributed by atoms with van der Waals surface area (Å²) in [4.78, 5) is 14.4. The first-order valence-electron chi connectivity index (χ1n) is 4.03. The van der Waals surface area contributed by atoms with Crippen molar-refractivity contribution >= 4 is 17.3 Å². The molecule has 0 bridgehead atoms. The summed E-state index contributed by atoms with van der Waals surface area (Å²) < 4.78 is 1.44. The zero-order valence-corrected chi connectivity index (χ0v) is 7.47. The van der Waals surface area contributed by atoms with Crippen molar-refractivity contribution in [3.63, 3.8) is 0 Å². The molecule has 0 radical (unpaired) electrons. The molecule has 0 atom stereocenters. The normalized spacial score (nSPS) is 10.4. The number of rotatable bonds is 2. The van der Waals surface area contributed by atoms with Crippen molar-refractivity contribution in [1.29, 1.82) is 0 Å². The molecule has 0 spiro atoms. The number of anilines is 1. The van der Waals surface area contributed by atoms with Gasteiger partial charge >= 0.3 is 5.82 Å². The summed E-state index contributed by atoms with van der Waals surface area (Å²) in [5, 5.41) is 13.5. The van der Waals surface area contributed by atoms with Crippen LogP contribution in [0.25, 0.3) is 5.65 Å². The number of imidazole rings is 1. The summed E-state index contributed by atoms with van der Waals surface area (Å²) in [6.07, 6.45) is 1.61. The van der Waals surface area contributed by atoms with E-state index in [0.29, 0.717) is 5.65 Å². The third kappa shape index (κ3) is 1.08. The van der Waals surface area contributed by atoms with E-state index in [-0.39, 0.29) is 11.6 Å². The topological polar surface area (TPSA) is 72.5 Å². The first-order chi connectivity index (χ1) is 6.74. The maximum absolute atomic E-state index is 10.8. The van der Waals surface area contributed by atoms with E-state index in [1.165, 1.54) is 4.40 Å². The Balaban J connectivity index is 2.81. The highest BCUT2D eigenvalue weighted by molar-refractivity contribution is 5.61. The van der Waals surface area contributed by atoms with E-state index in [9.17, 15) is 10.1 Å². The quantitative estimate of drug-likeness (QED) is 0.574. The Hall–Kier alpha value is -2.11. The molecule has 2 aromatic rings. The van der Waals surface area contributed by atoms with Crippen LogP contribution in [-0.2, 0) is 0 Å². The zero-order chi connectivity index (χ0) is 10.1. The molecule has 2 rings (SSSR count). The lowest BCUT2D eigenvalue weighted by Gasteiger charge is -1.95. The summed E-state index contributed by atoms with van der Waals surface area (Å²) in [7, 11) is 1.61. The molecule has 1 N–H and O–H groups in total. The van der Waals surface area contributed by atoms with Gasteiger partial charge in [-0.2, -0.15) is 9.38 Å². The third-order valence-corrected chi connectivity index (χ3v) is 1.91. The van der Waals surface area contributed by atoms with E-state index in [4.69, 9.17) is 0 Å². The highest BCUT2D eigenvalue weighted by atomic mass is 16.6. The van der Waals surface area contributed by atoms with Crippen molar-refractivity contribution in [2.24, 2.45) is 0 Å². The fraction of sp³-hybridized carbons (Fsp3) is 0.125. The Kier molecular flexibility index (Phi) is 1.81. The molecular weight excluding hydrogens is 184 g/mol. The lowest BCUT2D eigenvalue weighted by Crippen LogP contribution is -1.97. The maximum Gasteiger partial charge on any atom is 0.372 e. The van der Waals surface area contributed by atoms with E-state index >= 15 is 0 Å². The first-order valence-corrected chi connectivity index (χ1v) is 4.03. The minimum Gasteiger partial charge on any atom is -0.366 e. The van der Waals surface area contributed by atoms with Gasteiger partial charge in [-0.25, -0.2) is 0 Å². The molecule has 0 unspecified atom stereocenters. The van der Waals surface area contributed by atoms with Crippen LogP contribution in [0.2, 0.25) is 0 Å². The maximum atomic E-state index is 10.8. The molecule has 0 saturated heterocycles. The fourth-order valence-electron chi connectivity index (χ4n) is 1.33. The van der Waals surface area contributed by atoms with Crippen molar-refractivity contribution in [3.8, 4) is 0 Å². The van der Waals surface area contributed by atoms with Gasteiger partial charge in [-0.1, -0.05) is 6.07 Å². The smallest absolute Gasteiger partial charge is 0.366 e. The van der Waals surface area contributed by atoms with Crippen LogP contribution < -0.4 is 5.32 Å². The van der Waals surface area contributed by atoms with Crippen molar-refractivity contribution in [1.82, 2.24) is 9.38 Å². The molecule has 6 nitrogen and oxygen atoms in total. The standard InChI is InChI=1S/C8H8N4O2/c1-9-7-8(12(13)14)11-5-3-2-4-6(11)10-7/h2-5,9H,1H3. The highest BCUT2D eigenvalue weighted by Crippen LogP contribution is 2.24. The van der Waals surface area contributed by atoms with Gasteiger partial charge in [0.2, 0.25) is 11.5 Å². The van der Waals surface area contributed by atoms with Gasteiger partial charge in [-0.3, -0.25) is 0 Å². The molecule has 0 amide bonds. The summed E-state index contributed by atoms with van der Waals surface area (Å²) in [5.74, 6) is 0.240. The minimum absolute atomic E-state index is 0.0388. The average molecular weight is 192 g/mol. The highest BCUT2D eigenvalue weighted by Gasteiger charge is 2.20. The number of aromatic nitrogens is 2. The van der Waals surface area contributed by atoms with Crippen molar-refractivity contribution in [3.05, 3.63) is 34.5 Å². The van der Waals surface area contributed by atoms with Crippen LogP contribution >= 0.6 is 0 Å². The number of hydrogen-bond acceptors (Lipinski definition) is 4. The minimum atomic E-state index is -0.453. The lowest BCUT2D eigenvalue weighted by molar-refractivity contribution is -0.389. The van der Waals surface area contributed by atoms with Gasteiger partial charge in [-0.05, 0) is 11.0 Å². The van der Waals surface area contributed by atoms with Crippen LogP contribution in [0.1, 0.15) is 0 Å². The van der Waals surface area contributed by atoms with Gasteiger partial charge in [0.05, 0.1) is 6.20 Å². The summed E-state index contributed by atoms with van der Waals surface area (Å²) in [5.41, 5.74) is 0.559. The van der Waals surface area contributed by atoms with Crippen molar-refractivity contribution in [2.45, 2.75) is 0 Å². The Morgan fingerprint density at radius 1 is 1.57 bits per heavy atom. The molecule has 0 aliphatic heterocycles. The molecule has 0 aliphatic carbocycles. The van der Waals surface area contributed by atoms with Crippen LogP contribution in [-0.4, -0.2) is 21.4 Å². The SMILES string of the molecule is CNc1nc2ccccn2c1[N+](=O)[O-]. The molecule has 6 heteroatoms. The van der Waals surface area contributed by atoms with Crippen molar-refractivity contribution < 1.29 is 4.92 Å². The second-order valence-electron chi connectivity index (χ2n) is 2.72. The van der Waals surface area contributed by atoms with Gasteiger partial charge in [0, 0.05) is 13.1 Å². The lowest BCUT2D eigenvalue weighted by atomic mass is 10.5. The van der Waals surface area contributed by atoms with Gasteiger partial charge < -0.3 is 15.4 Å². The summed E-state index contributed by atoms with van der Waals surface area (Å²) in [6.45, 7) is 0. The van der Waals surface area contributed by atoms with Gasteiger partial charge in [0.15, 0.2) is 0 Å². The molecule has 0 fully saturated rings. The first kappa shape index (κ1) is 8.49. The van der Waals surface area contributed by atoms with E-state index in [2.05, 4.69) is 10.3 Å². The zero-order valence-electron chi connectivity index (χ0n) is 7.47.